The SMILES string of the molecule is CC1C(C)C(C)C(C)C1C.CC1C(C)C(C)C(C)C1C.C[Si](C)(C)[CH-][Si](C)(C)C.[CH3-].[CH3-].[La]. The number of rotatable bonds is 2. The van der Waals surface area contributed by atoms with Crippen molar-refractivity contribution in [2.75, 3.05) is 0 Å². The van der Waals surface area contributed by atoms with Gasteiger partial charge in [-0.1, -0.05) is 109 Å². The van der Waals surface area contributed by atoms with Crippen LogP contribution < -0.4 is 0 Å². The average Bonchev–Trinajstić information content (AvgIpc) is 2.83. The average molecular weight is 609 g/mol. The zero-order chi connectivity index (χ0) is 23.5. The zero-order valence-corrected chi connectivity index (χ0v) is 31.6. The van der Waals surface area contributed by atoms with Crippen molar-refractivity contribution in [3.8, 4) is 0 Å². The predicted octanol–water partition coefficient (Wildman–Crippen LogP) is 10.2. The number of hydrogen-bond donors (Lipinski definition) is 0. The van der Waals surface area contributed by atoms with Gasteiger partial charge in [0.1, 0.15) is 0 Å². The maximum atomic E-state index is 2.65. The third-order valence-corrected chi connectivity index (χ3v) is 16.1. The molecule has 0 saturated heterocycles. The second kappa shape index (κ2) is 16.4. The van der Waals surface area contributed by atoms with Gasteiger partial charge in [0.25, 0.3) is 0 Å². The Morgan fingerprint density at radius 2 is 0.438 bits per heavy atom. The molecule has 0 aromatic carbocycles. The summed E-state index contributed by atoms with van der Waals surface area (Å²) in [7, 11) is -1.71. The molecule has 2 rings (SSSR count). The molecule has 0 bridgehead atoms. The van der Waals surface area contributed by atoms with E-state index in [9.17, 15) is 0 Å². The number of hydrogen-bond acceptors (Lipinski definition) is 0. The van der Waals surface area contributed by atoms with E-state index in [2.05, 4.69) is 114 Å². The Hall–Kier alpha value is 1.63. The summed E-state index contributed by atoms with van der Waals surface area (Å²) in [5.41, 5.74) is 2.65. The van der Waals surface area contributed by atoms with Gasteiger partial charge in [-0.05, 0) is 59.2 Å². The van der Waals surface area contributed by atoms with Crippen molar-refractivity contribution in [2.24, 2.45) is 59.2 Å². The van der Waals surface area contributed by atoms with E-state index in [-0.39, 0.29) is 50.5 Å². The summed E-state index contributed by atoms with van der Waals surface area (Å²) in [4.78, 5) is 0. The maximum Gasteiger partial charge on any atom is 0 e. The molecule has 0 unspecified atom stereocenters. The molecule has 0 amide bonds. The molecule has 0 nitrogen and oxygen atoms in total. The van der Waals surface area contributed by atoms with Crippen LogP contribution in [0.15, 0.2) is 0 Å². The molecule has 2 aliphatic carbocycles. The van der Waals surface area contributed by atoms with Crippen molar-refractivity contribution in [3.05, 3.63) is 20.5 Å². The van der Waals surface area contributed by atoms with Gasteiger partial charge in [-0.25, -0.2) is 0 Å². The Morgan fingerprint density at radius 3 is 0.469 bits per heavy atom. The second-order valence-electron chi connectivity index (χ2n) is 13.5. The van der Waals surface area contributed by atoms with Crippen LogP contribution in [0.4, 0.5) is 0 Å². The summed E-state index contributed by atoms with van der Waals surface area (Å²) < 4.78 is 0. The first-order valence-electron chi connectivity index (χ1n) is 12.7. The van der Waals surface area contributed by atoms with Crippen LogP contribution in [0.2, 0.25) is 39.3 Å². The van der Waals surface area contributed by atoms with Crippen LogP contribution in [0.25, 0.3) is 0 Å². The van der Waals surface area contributed by atoms with E-state index < -0.39 is 16.1 Å². The monoisotopic (exact) mass is 608 g/mol. The van der Waals surface area contributed by atoms with Crippen LogP contribution in [0, 0.1) is 115 Å². The van der Waals surface area contributed by atoms with Gasteiger partial charge in [0, 0.05) is 35.6 Å². The zero-order valence-electron chi connectivity index (χ0n) is 25.9. The van der Waals surface area contributed by atoms with E-state index in [1.807, 2.05) is 0 Å². The van der Waals surface area contributed by atoms with E-state index in [4.69, 9.17) is 0 Å². The van der Waals surface area contributed by atoms with Crippen molar-refractivity contribution in [1.29, 1.82) is 0 Å². The third-order valence-electron chi connectivity index (χ3n) is 9.16. The molecule has 1 radical (unpaired) electrons. The fourth-order valence-electron chi connectivity index (χ4n) is 6.09. The smallest absolute Gasteiger partial charge is 0 e. The van der Waals surface area contributed by atoms with Crippen LogP contribution in [0.5, 0.6) is 0 Å². The Morgan fingerprint density at radius 1 is 0.344 bits per heavy atom. The van der Waals surface area contributed by atoms with Crippen molar-refractivity contribution >= 4 is 16.1 Å². The molecule has 0 aromatic rings. The van der Waals surface area contributed by atoms with Gasteiger partial charge in [0.05, 0.1) is 0 Å². The molecule has 0 aliphatic heterocycles. The largest absolute Gasteiger partial charge is 0.358 e. The Balaban J connectivity index is -0.000000176. The molecule has 0 atom stereocenters. The van der Waals surface area contributed by atoms with Crippen molar-refractivity contribution in [3.63, 3.8) is 0 Å². The minimum atomic E-state index is -0.856. The van der Waals surface area contributed by atoms with Crippen LogP contribution in [0.1, 0.15) is 69.2 Å². The van der Waals surface area contributed by atoms with Crippen LogP contribution in [-0.4, -0.2) is 16.1 Å². The Labute approximate surface area is 238 Å². The quantitative estimate of drug-likeness (QED) is 0.216. The standard InChI is InChI=1S/2C10H20.C7H19Si2.2CH3.La/c2*1-6-7(2)9(4)10(5)8(6)3;1-8(2,3)7-9(4,5)6;;;/h2*6-10H,1-5H3;7H,1-6H3;2*1H3;/q;;3*-1;. The van der Waals surface area contributed by atoms with Crippen molar-refractivity contribution < 1.29 is 35.6 Å². The van der Waals surface area contributed by atoms with E-state index in [0.29, 0.717) is 0 Å². The minimum Gasteiger partial charge on any atom is -0.358 e. The molecule has 0 heterocycles. The molecule has 32 heavy (non-hydrogen) atoms. The fraction of sp³-hybridized carbons (Fsp3) is 0.897. The van der Waals surface area contributed by atoms with E-state index in [1.54, 1.807) is 0 Å². The van der Waals surface area contributed by atoms with Gasteiger partial charge >= 0.3 is 0 Å². The normalized spacial score (nSPS) is 38.6. The van der Waals surface area contributed by atoms with Crippen molar-refractivity contribution in [1.82, 2.24) is 0 Å². The topological polar surface area (TPSA) is 0 Å². The van der Waals surface area contributed by atoms with Gasteiger partial charge in [-0.3, -0.25) is 0 Å². The molecule has 195 valence electrons. The third kappa shape index (κ3) is 13.1. The molecule has 0 spiro atoms. The molecule has 2 aliphatic rings. The van der Waals surface area contributed by atoms with E-state index in [0.717, 1.165) is 59.2 Å². The summed E-state index contributed by atoms with van der Waals surface area (Å²) in [5, 5.41) is 0. The molecular weight excluding hydrogens is 543 g/mol. The van der Waals surface area contributed by atoms with Gasteiger partial charge < -0.3 is 20.5 Å². The second-order valence-corrected chi connectivity index (χ2v) is 24.1. The van der Waals surface area contributed by atoms with Gasteiger partial charge in [0.2, 0.25) is 0 Å². The van der Waals surface area contributed by atoms with Crippen molar-refractivity contribution in [2.45, 2.75) is 109 Å². The summed E-state index contributed by atoms with van der Waals surface area (Å²) >= 11 is 0. The van der Waals surface area contributed by atoms with Crippen LogP contribution >= 0.6 is 0 Å². The van der Waals surface area contributed by atoms with Crippen LogP contribution in [-0.2, 0) is 0 Å². The Kier molecular flexibility index (Phi) is 20.9. The minimum absolute atomic E-state index is 0. The first-order valence-corrected chi connectivity index (χ1v) is 19.8. The summed E-state index contributed by atoms with van der Waals surface area (Å²) in [6, 6.07) is 0. The van der Waals surface area contributed by atoms with Gasteiger partial charge in [-0.2, -0.15) is 0 Å². The predicted molar refractivity (Wildman–Crippen MR) is 155 cm³/mol. The Bertz CT molecular complexity index is 333. The summed E-state index contributed by atoms with van der Waals surface area (Å²) in [6.07, 6.45) is 0. The molecule has 0 N–H and O–H groups in total. The first-order chi connectivity index (χ1) is 12.8. The molecule has 0 aromatic heterocycles. The first kappa shape index (κ1) is 40.8. The summed E-state index contributed by atoms with van der Waals surface area (Å²) in [5.74, 6) is 9.35. The molecule has 3 heteroatoms. The van der Waals surface area contributed by atoms with Gasteiger partial charge in [-0.15, -0.1) is 16.1 Å². The van der Waals surface area contributed by atoms with Gasteiger partial charge in [0.15, 0.2) is 0 Å². The van der Waals surface area contributed by atoms with E-state index >= 15 is 0 Å². The maximum absolute atomic E-state index is 2.65. The van der Waals surface area contributed by atoms with E-state index in [1.165, 1.54) is 0 Å². The molecule has 2 saturated carbocycles. The molecular formula is C29H65LaSi2-3. The fourth-order valence-corrected chi connectivity index (χ4v) is 16.5. The molecule has 2 fully saturated rings. The van der Waals surface area contributed by atoms with Crippen LogP contribution in [0.3, 0.4) is 0 Å². The summed E-state index contributed by atoms with van der Waals surface area (Å²) in [6.45, 7) is 38.4.